The molecule has 120 valence electrons. The van der Waals surface area contributed by atoms with Crippen LogP contribution in [-0.2, 0) is 20.0 Å². The minimum absolute atomic E-state index is 0.0691. The molecule has 0 saturated carbocycles. The normalized spacial score (nSPS) is 32.9. The van der Waals surface area contributed by atoms with Crippen LogP contribution in [0.5, 0.6) is 0 Å². The van der Waals surface area contributed by atoms with Crippen LogP contribution >= 0.6 is 11.6 Å². The molecule has 0 N–H and O–H groups in total. The Morgan fingerprint density at radius 1 is 1.09 bits per heavy atom. The number of benzene rings is 2. The minimum Gasteiger partial charge on any atom is -0.352 e. The van der Waals surface area contributed by atoms with Gasteiger partial charge in [-0.25, -0.2) is 0 Å². The number of hydrogen-bond donors (Lipinski definition) is 0. The molecule has 0 radical (unpaired) electrons. The predicted octanol–water partition coefficient (Wildman–Crippen LogP) is 4.32. The molecule has 0 unspecified atom stereocenters. The lowest BCUT2D eigenvalue weighted by atomic mass is 9.78. The maximum atomic E-state index is 6.33. The lowest BCUT2D eigenvalue weighted by molar-refractivity contribution is -0.270. The Hall–Kier alpha value is -1.39. The molecule has 0 aromatic heterocycles. The molecule has 3 nitrogen and oxygen atoms in total. The molecule has 4 rings (SSSR count). The SMILES string of the molecule is CO[C@]1(c2ccccc2)O[C@H]2OCC[C@H]2[C@H]1c1ccc(Cl)cc1. The van der Waals surface area contributed by atoms with Gasteiger partial charge in [-0.1, -0.05) is 54.1 Å². The fourth-order valence-corrected chi connectivity index (χ4v) is 4.03. The van der Waals surface area contributed by atoms with Crippen LogP contribution < -0.4 is 0 Å². The van der Waals surface area contributed by atoms with Crippen molar-refractivity contribution in [1.82, 2.24) is 0 Å². The number of halogens is 1. The van der Waals surface area contributed by atoms with Gasteiger partial charge in [0, 0.05) is 23.6 Å². The maximum absolute atomic E-state index is 6.33. The molecule has 2 aliphatic rings. The van der Waals surface area contributed by atoms with E-state index < -0.39 is 5.79 Å². The summed E-state index contributed by atoms with van der Waals surface area (Å²) in [4.78, 5) is 0. The molecule has 2 saturated heterocycles. The van der Waals surface area contributed by atoms with E-state index in [9.17, 15) is 0 Å². The Kier molecular flexibility index (Phi) is 3.90. The van der Waals surface area contributed by atoms with Crippen molar-refractivity contribution < 1.29 is 14.2 Å². The molecular formula is C19H19ClO3. The zero-order valence-corrected chi connectivity index (χ0v) is 13.7. The third-order valence-electron chi connectivity index (χ3n) is 4.92. The summed E-state index contributed by atoms with van der Waals surface area (Å²) in [5.74, 6) is -0.485. The average Bonchev–Trinajstić information content (AvgIpc) is 3.15. The summed E-state index contributed by atoms with van der Waals surface area (Å²) in [5.41, 5.74) is 2.18. The fraction of sp³-hybridized carbons (Fsp3) is 0.368. The predicted molar refractivity (Wildman–Crippen MR) is 88.3 cm³/mol. The van der Waals surface area contributed by atoms with E-state index in [0.29, 0.717) is 0 Å². The first-order chi connectivity index (χ1) is 11.2. The van der Waals surface area contributed by atoms with Gasteiger partial charge in [0.2, 0.25) is 5.79 Å². The molecule has 2 heterocycles. The van der Waals surface area contributed by atoms with E-state index in [1.807, 2.05) is 42.5 Å². The van der Waals surface area contributed by atoms with Crippen molar-refractivity contribution in [3.8, 4) is 0 Å². The lowest BCUT2D eigenvalue weighted by Crippen LogP contribution is -2.35. The number of rotatable bonds is 3. The topological polar surface area (TPSA) is 27.7 Å². The average molecular weight is 331 g/mol. The van der Waals surface area contributed by atoms with E-state index in [4.69, 9.17) is 25.8 Å². The molecule has 0 bridgehead atoms. The molecule has 2 fully saturated rings. The van der Waals surface area contributed by atoms with Crippen LogP contribution in [0, 0.1) is 5.92 Å². The van der Waals surface area contributed by atoms with Crippen LogP contribution in [0.1, 0.15) is 23.5 Å². The smallest absolute Gasteiger partial charge is 0.204 e. The van der Waals surface area contributed by atoms with Gasteiger partial charge in [-0.3, -0.25) is 0 Å². The van der Waals surface area contributed by atoms with Crippen molar-refractivity contribution in [2.75, 3.05) is 13.7 Å². The van der Waals surface area contributed by atoms with Crippen LogP contribution in [0.25, 0.3) is 0 Å². The second kappa shape index (κ2) is 5.91. The van der Waals surface area contributed by atoms with Crippen LogP contribution in [0.3, 0.4) is 0 Å². The largest absolute Gasteiger partial charge is 0.352 e. The summed E-state index contributed by atoms with van der Waals surface area (Å²) in [6.45, 7) is 0.730. The zero-order chi connectivity index (χ0) is 15.9. The Bertz CT molecular complexity index is 673. The highest BCUT2D eigenvalue weighted by Crippen LogP contribution is 2.56. The van der Waals surface area contributed by atoms with Crippen molar-refractivity contribution in [2.45, 2.75) is 24.4 Å². The van der Waals surface area contributed by atoms with E-state index >= 15 is 0 Å². The summed E-state index contributed by atoms with van der Waals surface area (Å²) < 4.78 is 18.1. The van der Waals surface area contributed by atoms with Crippen molar-refractivity contribution in [3.63, 3.8) is 0 Å². The molecule has 0 aliphatic carbocycles. The third-order valence-corrected chi connectivity index (χ3v) is 5.17. The maximum Gasteiger partial charge on any atom is 0.204 e. The molecule has 4 heteroatoms. The Labute approximate surface area is 141 Å². The van der Waals surface area contributed by atoms with E-state index in [-0.39, 0.29) is 18.1 Å². The Balaban J connectivity index is 1.84. The highest BCUT2D eigenvalue weighted by atomic mass is 35.5. The van der Waals surface area contributed by atoms with Crippen molar-refractivity contribution >= 4 is 11.6 Å². The van der Waals surface area contributed by atoms with Gasteiger partial charge in [0.05, 0.1) is 12.5 Å². The minimum atomic E-state index is -0.829. The highest BCUT2D eigenvalue weighted by molar-refractivity contribution is 6.30. The van der Waals surface area contributed by atoms with Gasteiger partial charge in [-0.15, -0.1) is 0 Å². The number of hydrogen-bond acceptors (Lipinski definition) is 3. The monoisotopic (exact) mass is 330 g/mol. The first-order valence-electron chi connectivity index (χ1n) is 7.90. The summed E-state index contributed by atoms with van der Waals surface area (Å²) in [6.07, 6.45) is 0.742. The molecule has 2 aliphatic heterocycles. The lowest BCUT2D eigenvalue weighted by Gasteiger charge is -2.35. The molecule has 4 atom stereocenters. The quantitative estimate of drug-likeness (QED) is 0.839. The highest BCUT2D eigenvalue weighted by Gasteiger charge is 2.59. The van der Waals surface area contributed by atoms with Crippen LogP contribution in [0.2, 0.25) is 5.02 Å². The summed E-state index contributed by atoms with van der Waals surface area (Å²) in [7, 11) is 1.71. The zero-order valence-electron chi connectivity index (χ0n) is 12.9. The number of ether oxygens (including phenoxy) is 3. The molecule has 23 heavy (non-hydrogen) atoms. The van der Waals surface area contributed by atoms with Gasteiger partial charge in [0.15, 0.2) is 6.29 Å². The van der Waals surface area contributed by atoms with Crippen LogP contribution in [0.4, 0.5) is 0 Å². The molecule has 2 aromatic rings. The van der Waals surface area contributed by atoms with Gasteiger partial charge >= 0.3 is 0 Å². The van der Waals surface area contributed by atoms with Gasteiger partial charge in [-0.2, -0.15) is 0 Å². The van der Waals surface area contributed by atoms with Gasteiger partial charge in [-0.05, 0) is 24.1 Å². The third kappa shape index (κ3) is 2.39. The van der Waals surface area contributed by atoms with Gasteiger partial charge in [0.1, 0.15) is 0 Å². The van der Waals surface area contributed by atoms with Crippen LogP contribution in [0.15, 0.2) is 54.6 Å². The number of fused-ring (bicyclic) bond motifs is 1. The van der Waals surface area contributed by atoms with Crippen molar-refractivity contribution in [2.24, 2.45) is 5.92 Å². The van der Waals surface area contributed by atoms with E-state index in [0.717, 1.165) is 29.2 Å². The van der Waals surface area contributed by atoms with E-state index in [1.165, 1.54) is 0 Å². The van der Waals surface area contributed by atoms with Crippen LogP contribution in [-0.4, -0.2) is 20.0 Å². The van der Waals surface area contributed by atoms with Gasteiger partial charge < -0.3 is 14.2 Å². The second-order valence-corrected chi connectivity index (χ2v) is 6.51. The summed E-state index contributed by atoms with van der Waals surface area (Å²) in [5, 5.41) is 0.731. The molecule has 2 aromatic carbocycles. The van der Waals surface area contributed by atoms with E-state index in [1.54, 1.807) is 7.11 Å². The Morgan fingerprint density at radius 2 is 1.83 bits per heavy atom. The van der Waals surface area contributed by atoms with Crippen molar-refractivity contribution in [3.05, 3.63) is 70.7 Å². The molecular weight excluding hydrogens is 312 g/mol. The first-order valence-corrected chi connectivity index (χ1v) is 8.28. The Morgan fingerprint density at radius 3 is 2.52 bits per heavy atom. The fourth-order valence-electron chi connectivity index (χ4n) is 3.90. The van der Waals surface area contributed by atoms with Gasteiger partial charge in [0.25, 0.3) is 0 Å². The first kappa shape index (κ1) is 15.2. The molecule has 0 spiro atoms. The standard InChI is InChI=1S/C19H19ClO3/c1-21-19(14-5-3-2-4-6-14)17(13-7-9-15(20)10-8-13)16-11-12-22-18(16)23-19/h2-10,16-18H,11-12H2,1H3/t16-,17+,18+,19+/m0/s1. The summed E-state index contributed by atoms with van der Waals surface area (Å²) >= 11 is 6.06. The summed E-state index contributed by atoms with van der Waals surface area (Å²) in [6, 6.07) is 18.1. The number of methoxy groups -OCH3 is 1. The van der Waals surface area contributed by atoms with E-state index in [2.05, 4.69) is 12.1 Å². The van der Waals surface area contributed by atoms with Crippen molar-refractivity contribution in [1.29, 1.82) is 0 Å². The molecule has 0 amide bonds. The second-order valence-electron chi connectivity index (χ2n) is 6.08.